The molecule has 1 unspecified atom stereocenters. The summed E-state index contributed by atoms with van der Waals surface area (Å²) >= 11 is 15.0. The maximum absolute atomic E-state index is 14.0. The van der Waals surface area contributed by atoms with E-state index in [9.17, 15) is 8.78 Å². The fraction of sp³-hybridized carbons (Fsp3) is 0.250. The zero-order chi connectivity index (χ0) is 15.4. The fourth-order valence-corrected chi connectivity index (χ4v) is 3.03. The molecule has 21 heavy (non-hydrogen) atoms. The zero-order valence-electron chi connectivity index (χ0n) is 11.1. The van der Waals surface area contributed by atoms with Crippen LogP contribution in [0.15, 0.2) is 40.9 Å². The van der Waals surface area contributed by atoms with Crippen molar-refractivity contribution < 1.29 is 8.78 Å². The van der Waals surface area contributed by atoms with Crippen molar-refractivity contribution >= 4 is 39.1 Å². The van der Waals surface area contributed by atoms with Crippen LogP contribution in [0, 0.1) is 17.6 Å². The van der Waals surface area contributed by atoms with Gasteiger partial charge in [0.2, 0.25) is 0 Å². The second-order valence-electron chi connectivity index (χ2n) is 4.88. The molecule has 0 spiro atoms. The zero-order valence-corrected chi connectivity index (χ0v) is 14.2. The van der Waals surface area contributed by atoms with Gasteiger partial charge in [-0.05, 0) is 64.5 Å². The Hall–Kier alpha value is -0.640. The molecule has 0 amide bonds. The Morgan fingerprint density at radius 3 is 2.52 bits per heavy atom. The Morgan fingerprint density at radius 1 is 1.10 bits per heavy atom. The summed E-state index contributed by atoms with van der Waals surface area (Å²) in [7, 11) is 0. The lowest BCUT2D eigenvalue weighted by molar-refractivity contribution is 0.505. The molecule has 0 N–H and O–H groups in total. The van der Waals surface area contributed by atoms with Crippen LogP contribution in [0.25, 0.3) is 0 Å². The van der Waals surface area contributed by atoms with E-state index < -0.39 is 11.6 Å². The van der Waals surface area contributed by atoms with E-state index in [-0.39, 0.29) is 22.4 Å². The van der Waals surface area contributed by atoms with Gasteiger partial charge in [0.1, 0.15) is 11.6 Å². The third kappa shape index (κ3) is 4.41. The van der Waals surface area contributed by atoms with Crippen LogP contribution in [0.1, 0.15) is 11.1 Å². The van der Waals surface area contributed by atoms with Crippen LogP contribution in [-0.2, 0) is 12.8 Å². The van der Waals surface area contributed by atoms with Gasteiger partial charge in [-0.25, -0.2) is 8.78 Å². The minimum Gasteiger partial charge on any atom is -0.207 e. The first-order chi connectivity index (χ1) is 10.0. The van der Waals surface area contributed by atoms with Gasteiger partial charge in [0, 0.05) is 16.5 Å². The SMILES string of the molecule is Fc1ccc(Br)c(F)c1CC(CCl)Cc1cccc(Cl)c1. The molecular formula is C16H13BrCl2F2. The van der Waals surface area contributed by atoms with E-state index in [1.807, 2.05) is 18.2 Å². The second-order valence-corrected chi connectivity index (χ2v) is 6.48. The minimum atomic E-state index is -0.559. The van der Waals surface area contributed by atoms with Crippen LogP contribution in [0.4, 0.5) is 8.78 Å². The quantitative estimate of drug-likeness (QED) is 0.430. The maximum atomic E-state index is 14.0. The molecule has 2 aromatic rings. The van der Waals surface area contributed by atoms with E-state index in [0.29, 0.717) is 17.3 Å². The molecule has 0 bridgehead atoms. The highest BCUT2D eigenvalue weighted by Crippen LogP contribution is 2.26. The van der Waals surface area contributed by atoms with Crippen LogP contribution >= 0.6 is 39.1 Å². The van der Waals surface area contributed by atoms with Gasteiger partial charge in [-0.2, -0.15) is 0 Å². The molecule has 0 aromatic heterocycles. The monoisotopic (exact) mass is 392 g/mol. The number of rotatable bonds is 5. The van der Waals surface area contributed by atoms with Crippen molar-refractivity contribution in [3.8, 4) is 0 Å². The lowest BCUT2D eigenvalue weighted by Gasteiger charge is -2.16. The van der Waals surface area contributed by atoms with Crippen molar-refractivity contribution in [2.24, 2.45) is 5.92 Å². The topological polar surface area (TPSA) is 0 Å². The molecule has 0 fully saturated rings. The highest BCUT2D eigenvalue weighted by molar-refractivity contribution is 9.10. The van der Waals surface area contributed by atoms with Crippen molar-refractivity contribution in [2.75, 3.05) is 5.88 Å². The molecule has 2 rings (SSSR count). The molecule has 0 aliphatic carbocycles. The van der Waals surface area contributed by atoms with Crippen molar-refractivity contribution in [3.63, 3.8) is 0 Å². The van der Waals surface area contributed by atoms with Gasteiger partial charge in [0.05, 0.1) is 4.47 Å². The van der Waals surface area contributed by atoms with Crippen LogP contribution < -0.4 is 0 Å². The lowest BCUT2D eigenvalue weighted by Crippen LogP contribution is -2.13. The first kappa shape index (κ1) is 16.7. The molecule has 2 aromatic carbocycles. The smallest absolute Gasteiger partial charge is 0.143 e. The summed E-state index contributed by atoms with van der Waals surface area (Å²) < 4.78 is 28.1. The molecule has 0 aliphatic heterocycles. The first-order valence-electron chi connectivity index (χ1n) is 6.44. The van der Waals surface area contributed by atoms with Crippen molar-refractivity contribution in [2.45, 2.75) is 12.8 Å². The molecule has 0 saturated heterocycles. The van der Waals surface area contributed by atoms with Crippen molar-refractivity contribution in [1.82, 2.24) is 0 Å². The van der Waals surface area contributed by atoms with Crippen LogP contribution in [0.5, 0.6) is 0 Å². The lowest BCUT2D eigenvalue weighted by atomic mass is 9.93. The van der Waals surface area contributed by atoms with Crippen LogP contribution in [-0.4, -0.2) is 5.88 Å². The highest BCUT2D eigenvalue weighted by atomic mass is 79.9. The highest BCUT2D eigenvalue weighted by Gasteiger charge is 2.18. The van der Waals surface area contributed by atoms with E-state index in [1.54, 1.807) is 6.07 Å². The van der Waals surface area contributed by atoms with Gasteiger partial charge in [0.15, 0.2) is 0 Å². The predicted octanol–water partition coefficient (Wildman–Crippen LogP) is 6.02. The third-order valence-electron chi connectivity index (χ3n) is 3.26. The number of alkyl halides is 1. The normalized spacial score (nSPS) is 12.4. The standard InChI is InChI=1S/C16H13BrCl2F2/c17-14-4-5-15(20)13(16(14)21)8-11(9-18)6-10-2-1-3-12(19)7-10/h1-5,7,11H,6,8-9H2. The first-order valence-corrected chi connectivity index (χ1v) is 8.14. The molecule has 112 valence electrons. The summed E-state index contributed by atoms with van der Waals surface area (Å²) in [6.07, 6.45) is 0.864. The summed E-state index contributed by atoms with van der Waals surface area (Å²) in [6.45, 7) is 0. The largest absolute Gasteiger partial charge is 0.207 e. The molecule has 0 saturated carbocycles. The number of hydrogen-bond donors (Lipinski definition) is 0. The molecule has 5 heteroatoms. The van der Waals surface area contributed by atoms with E-state index >= 15 is 0 Å². The molecule has 0 heterocycles. The van der Waals surface area contributed by atoms with Gasteiger partial charge < -0.3 is 0 Å². The van der Waals surface area contributed by atoms with Crippen molar-refractivity contribution in [1.29, 1.82) is 0 Å². The summed E-state index contributed by atoms with van der Waals surface area (Å²) in [5.41, 5.74) is 1.07. The molecule has 0 aliphatic rings. The Kier molecular flexibility index (Phi) is 6.03. The Bertz CT molecular complexity index is 632. The molecular weight excluding hydrogens is 381 g/mol. The Labute approximate surface area is 141 Å². The van der Waals surface area contributed by atoms with Gasteiger partial charge in [0.25, 0.3) is 0 Å². The van der Waals surface area contributed by atoms with E-state index in [1.165, 1.54) is 12.1 Å². The number of halogens is 5. The second kappa shape index (κ2) is 7.57. The summed E-state index contributed by atoms with van der Waals surface area (Å²) in [6, 6.07) is 10.0. The summed E-state index contributed by atoms with van der Waals surface area (Å²) in [5, 5.41) is 0.639. The molecule has 1 atom stereocenters. The minimum absolute atomic E-state index is 0.0663. The van der Waals surface area contributed by atoms with Crippen molar-refractivity contribution in [3.05, 3.63) is 68.7 Å². The number of benzene rings is 2. The van der Waals surface area contributed by atoms with E-state index in [2.05, 4.69) is 15.9 Å². The Morgan fingerprint density at radius 2 is 1.86 bits per heavy atom. The Balaban J connectivity index is 2.18. The summed E-state index contributed by atoms with van der Waals surface area (Å²) in [4.78, 5) is 0. The van der Waals surface area contributed by atoms with Crippen LogP contribution in [0.3, 0.4) is 0 Å². The average molecular weight is 394 g/mol. The van der Waals surface area contributed by atoms with Gasteiger partial charge >= 0.3 is 0 Å². The summed E-state index contributed by atoms with van der Waals surface area (Å²) in [5.74, 6) is -0.852. The predicted molar refractivity (Wildman–Crippen MR) is 87.1 cm³/mol. The van der Waals surface area contributed by atoms with Gasteiger partial charge in [-0.1, -0.05) is 23.7 Å². The third-order valence-corrected chi connectivity index (χ3v) is 4.55. The molecule has 0 nitrogen and oxygen atoms in total. The maximum Gasteiger partial charge on any atom is 0.143 e. The number of hydrogen-bond acceptors (Lipinski definition) is 0. The van der Waals surface area contributed by atoms with Crippen LogP contribution in [0.2, 0.25) is 5.02 Å². The average Bonchev–Trinajstić information content (AvgIpc) is 2.46. The van der Waals surface area contributed by atoms with Gasteiger partial charge in [-0.3, -0.25) is 0 Å². The van der Waals surface area contributed by atoms with E-state index in [0.717, 1.165) is 5.56 Å². The molecule has 0 radical (unpaired) electrons. The van der Waals surface area contributed by atoms with Gasteiger partial charge in [-0.15, -0.1) is 11.6 Å². The fourth-order valence-electron chi connectivity index (χ4n) is 2.22. The van der Waals surface area contributed by atoms with E-state index in [4.69, 9.17) is 23.2 Å².